The summed E-state index contributed by atoms with van der Waals surface area (Å²) in [6.07, 6.45) is 0. The number of fused-ring (bicyclic) bond motifs is 1. The predicted molar refractivity (Wildman–Crippen MR) is 128 cm³/mol. The summed E-state index contributed by atoms with van der Waals surface area (Å²) in [7, 11) is 1.62. The highest BCUT2D eigenvalue weighted by Crippen LogP contribution is 2.35. The van der Waals surface area contributed by atoms with Gasteiger partial charge in [-0.15, -0.1) is 0 Å². The number of hydrogen-bond donors (Lipinski definition) is 2. The maximum atomic E-state index is 6.24. The van der Waals surface area contributed by atoms with E-state index in [0.29, 0.717) is 34.6 Å². The van der Waals surface area contributed by atoms with Gasteiger partial charge < -0.3 is 19.8 Å². The molecule has 0 aliphatic carbocycles. The number of halogens is 3. The molecular formula is C23H20BrCl2N3O2. The second kappa shape index (κ2) is 9.92. The summed E-state index contributed by atoms with van der Waals surface area (Å²) in [5.74, 6) is 2.12. The van der Waals surface area contributed by atoms with Gasteiger partial charge in [-0.25, -0.2) is 4.98 Å². The minimum absolute atomic E-state index is 0.241. The van der Waals surface area contributed by atoms with Gasteiger partial charge in [0.05, 0.1) is 24.7 Å². The quantitative estimate of drug-likeness (QED) is 0.278. The molecule has 4 rings (SSSR count). The van der Waals surface area contributed by atoms with Crippen LogP contribution in [-0.2, 0) is 19.7 Å². The highest BCUT2D eigenvalue weighted by atomic mass is 79.9. The average molecular weight is 521 g/mol. The molecule has 0 atom stereocenters. The molecule has 0 fully saturated rings. The lowest BCUT2D eigenvalue weighted by atomic mass is 10.2. The Hall–Kier alpha value is -2.25. The van der Waals surface area contributed by atoms with Crippen molar-refractivity contribution in [1.29, 1.82) is 0 Å². The zero-order valence-electron chi connectivity index (χ0n) is 16.7. The van der Waals surface area contributed by atoms with Crippen molar-refractivity contribution in [1.82, 2.24) is 15.3 Å². The minimum atomic E-state index is 0.241. The molecule has 8 heteroatoms. The maximum Gasteiger partial charge on any atom is 0.162 e. The van der Waals surface area contributed by atoms with Gasteiger partial charge in [0.2, 0.25) is 0 Å². The van der Waals surface area contributed by atoms with Gasteiger partial charge in [0.25, 0.3) is 0 Å². The van der Waals surface area contributed by atoms with E-state index in [1.54, 1.807) is 25.3 Å². The van der Waals surface area contributed by atoms with Gasteiger partial charge in [-0.3, -0.25) is 0 Å². The van der Waals surface area contributed by atoms with Crippen LogP contribution in [0.2, 0.25) is 10.0 Å². The fraction of sp³-hybridized carbons (Fsp3) is 0.174. The number of nitrogens with zero attached hydrogens (tertiary/aromatic N) is 1. The number of nitrogens with one attached hydrogen (secondary N) is 2. The summed E-state index contributed by atoms with van der Waals surface area (Å²) < 4.78 is 12.4. The van der Waals surface area contributed by atoms with Crippen LogP contribution in [0.25, 0.3) is 11.0 Å². The summed E-state index contributed by atoms with van der Waals surface area (Å²) >= 11 is 16.1. The van der Waals surface area contributed by atoms with Crippen LogP contribution in [0.15, 0.2) is 59.1 Å². The molecule has 0 amide bonds. The first-order valence-electron chi connectivity index (χ1n) is 9.61. The van der Waals surface area contributed by atoms with Crippen LogP contribution in [0.5, 0.6) is 11.5 Å². The van der Waals surface area contributed by atoms with Crippen molar-refractivity contribution in [3.8, 4) is 11.5 Å². The summed E-state index contributed by atoms with van der Waals surface area (Å²) in [6, 6.07) is 17.2. The van der Waals surface area contributed by atoms with E-state index in [1.807, 2.05) is 36.4 Å². The van der Waals surface area contributed by atoms with Gasteiger partial charge in [0, 0.05) is 26.6 Å². The molecule has 0 bridgehead atoms. The van der Waals surface area contributed by atoms with Crippen molar-refractivity contribution < 1.29 is 9.47 Å². The van der Waals surface area contributed by atoms with Crippen molar-refractivity contribution in [2.75, 3.05) is 7.11 Å². The normalized spacial score (nSPS) is 11.1. The van der Waals surface area contributed by atoms with Crippen molar-refractivity contribution >= 4 is 50.2 Å². The fourth-order valence-corrected chi connectivity index (χ4v) is 4.18. The van der Waals surface area contributed by atoms with Crippen LogP contribution in [0, 0.1) is 0 Å². The van der Waals surface area contributed by atoms with Crippen molar-refractivity contribution in [3.63, 3.8) is 0 Å². The van der Waals surface area contributed by atoms with Crippen molar-refractivity contribution in [2.45, 2.75) is 19.7 Å². The van der Waals surface area contributed by atoms with E-state index in [1.165, 1.54) is 0 Å². The molecule has 5 nitrogen and oxygen atoms in total. The maximum absolute atomic E-state index is 6.24. The van der Waals surface area contributed by atoms with Crippen LogP contribution < -0.4 is 14.8 Å². The topological polar surface area (TPSA) is 59.2 Å². The Morgan fingerprint density at radius 1 is 1.00 bits per heavy atom. The van der Waals surface area contributed by atoms with Crippen LogP contribution in [0.4, 0.5) is 0 Å². The molecule has 0 unspecified atom stereocenters. The predicted octanol–water partition coefficient (Wildman–Crippen LogP) is 6.51. The molecule has 2 N–H and O–H groups in total. The Bertz CT molecular complexity index is 1160. The van der Waals surface area contributed by atoms with E-state index in [4.69, 9.17) is 32.7 Å². The van der Waals surface area contributed by atoms with Gasteiger partial charge in [-0.05, 0) is 42.0 Å². The first kappa shape index (κ1) is 22.0. The van der Waals surface area contributed by atoms with E-state index in [0.717, 1.165) is 32.5 Å². The molecule has 1 heterocycles. The molecule has 0 spiro atoms. The molecular weight excluding hydrogens is 501 g/mol. The first-order chi connectivity index (χ1) is 15.0. The summed E-state index contributed by atoms with van der Waals surface area (Å²) in [4.78, 5) is 7.90. The second-order valence-corrected chi connectivity index (χ2v) is 8.56. The molecule has 0 radical (unpaired) electrons. The molecule has 1 aromatic heterocycles. The number of para-hydroxylation sites is 2. The van der Waals surface area contributed by atoms with Gasteiger partial charge in [-0.1, -0.05) is 57.3 Å². The van der Waals surface area contributed by atoms with Gasteiger partial charge in [0.1, 0.15) is 12.4 Å². The standard InChI is InChI=1S/C23H20BrCl2N3O2/c1-30-21-9-14(11-27-12-23-28-19-7-2-3-8-20(19)29-23)16(24)10-22(21)31-13-15-17(25)5-4-6-18(15)26/h2-10,27H,11-13H2,1H3,(H,28,29). The Morgan fingerprint density at radius 3 is 2.52 bits per heavy atom. The number of rotatable bonds is 8. The van der Waals surface area contributed by atoms with E-state index < -0.39 is 0 Å². The monoisotopic (exact) mass is 519 g/mol. The Morgan fingerprint density at radius 2 is 1.77 bits per heavy atom. The van der Waals surface area contributed by atoms with Crippen molar-refractivity contribution in [2.24, 2.45) is 0 Å². The third-order valence-electron chi connectivity index (χ3n) is 4.81. The lowest BCUT2D eigenvalue weighted by molar-refractivity contribution is 0.284. The van der Waals surface area contributed by atoms with E-state index in [-0.39, 0.29) is 6.61 Å². The molecule has 4 aromatic rings. The van der Waals surface area contributed by atoms with E-state index in [2.05, 4.69) is 31.2 Å². The highest BCUT2D eigenvalue weighted by molar-refractivity contribution is 9.10. The third kappa shape index (κ3) is 5.15. The van der Waals surface area contributed by atoms with E-state index >= 15 is 0 Å². The molecule has 0 saturated carbocycles. The molecule has 160 valence electrons. The van der Waals surface area contributed by atoms with Crippen molar-refractivity contribution in [3.05, 3.63) is 86.1 Å². The highest BCUT2D eigenvalue weighted by Gasteiger charge is 2.13. The molecule has 0 aliphatic heterocycles. The van der Waals surface area contributed by atoms with E-state index in [9.17, 15) is 0 Å². The number of ether oxygens (including phenoxy) is 2. The largest absolute Gasteiger partial charge is 0.493 e. The number of aromatic nitrogens is 2. The van der Waals surface area contributed by atoms with Gasteiger partial charge in [-0.2, -0.15) is 0 Å². The molecule has 3 aromatic carbocycles. The number of aromatic amines is 1. The van der Waals surface area contributed by atoms with Crippen LogP contribution in [-0.4, -0.2) is 17.1 Å². The number of benzene rings is 3. The first-order valence-corrected chi connectivity index (χ1v) is 11.2. The Labute approximate surface area is 198 Å². The summed E-state index contributed by atoms with van der Waals surface area (Å²) in [6.45, 7) is 1.49. The second-order valence-electron chi connectivity index (χ2n) is 6.89. The van der Waals surface area contributed by atoms with Crippen LogP contribution in [0.1, 0.15) is 17.0 Å². The fourth-order valence-electron chi connectivity index (χ4n) is 3.21. The molecule has 0 aliphatic rings. The lowest BCUT2D eigenvalue weighted by Gasteiger charge is -2.15. The average Bonchev–Trinajstić information content (AvgIpc) is 3.17. The SMILES string of the molecule is COc1cc(CNCc2nc3ccccc3[nH]2)c(Br)cc1OCc1c(Cl)cccc1Cl. The number of imidazole rings is 1. The zero-order chi connectivity index (χ0) is 21.8. The Balaban J connectivity index is 1.43. The molecule has 0 saturated heterocycles. The van der Waals surface area contributed by atoms with Gasteiger partial charge >= 0.3 is 0 Å². The Kier molecular flexibility index (Phi) is 7.02. The number of hydrogen-bond acceptors (Lipinski definition) is 4. The summed E-state index contributed by atoms with van der Waals surface area (Å²) in [5.41, 5.74) is 3.77. The zero-order valence-corrected chi connectivity index (χ0v) is 19.8. The number of methoxy groups -OCH3 is 1. The number of H-pyrrole nitrogens is 1. The smallest absolute Gasteiger partial charge is 0.162 e. The lowest BCUT2D eigenvalue weighted by Crippen LogP contribution is -2.14. The third-order valence-corrected chi connectivity index (χ3v) is 6.26. The summed E-state index contributed by atoms with van der Waals surface area (Å²) in [5, 5.41) is 4.54. The minimum Gasteiger partial charge on any atom is -0.493 e. The van der Waals surface area contributed by atoms with Gasteiger partial charge in [0.15, 0.2) is 11.5 Å². The van der Waals surface area contributed by atoms with Crippen LogP contribution in [0.3, 0.4) is 0 Å². The molecule has 31 heavy (non-hydrogen) atoms. The van der Waals surface area contributed by atoms with Crippen LogP contribution >= 0.6 is 39.1 Å².